The summed E-state index contributed by atoms with van der Waals surface area (Å²) in [6, 6.07) is 10.2. The zero-order valence-corrected chi connectivity index (χ0v) is 14.9. The summed E-state index contributed by atoms with van der Waals surface area (Å²) in [5, 5.41) is 4.38. The lowest BCUT2D eigenvalue weighted by Gasteiger charge is -2.32. The molecule has 2 aromatic rings. The van der Waals surface area contributed by atoms with E-state index in [2.05, 4.69) is 44.9 Å². The van der Waals surface area contributed by atoms with Crippen LogP contribution in [0.15, 0.2) is 42.7 Å². The topological polar surface area (TPSA) is 45.5 Å². The third-order valence-corrected chi connectivity index (χ3v) is 4.75. The highest BCUT2D eigenvalue weighted by atomic mass is 16.7. The highest BCUT2D eigenvalue weighted by molar-refractivity contribution is 6.61. The maximum atomic E-state index is 6.04. The summed E-state index contributed by atoms with van der Waals surface area (Å²) in [7, 11) is -0.367. The van der Waals surface area contributed by atoms with E-state index in [1.54, 1.807) is 6.20 Å². The van der Waals surface area contributed by atoms with Gasteiger partial charge in [-0.3, -0.25) is 4.68 Å². The molecular formula is C18H25BN2O3. The Morgan fingerprint density at radius 1 is 1.08 bits per heavy atom. The van der Waals surface area contributed by atoms with Crippen LogP contribution in [-0.4, -0.2) is 34.7 Å². The molecule has 0 N–H and O–H groups in total. The van der Waals surface area contributed by atoms with Gasteiger partial charge in [0.2, 0.25) is 0 Å². The van der Waals surface area contributed by atoms with Gasteiger partial charge in [-0.2, -0.15) is 5.10 Å². The highest BCUT2D eigenvalue weighted by Gasteiger charge is 2.52. The van der Waals surface area contributed by atoms with Crippen molar-refractivity contribution < 1.29 is 14.0 Å². The SMILES string of the molecule is CC1(C)OB(c2cnn(CCOCc3ccccc3)c2)OC1(C)C. The average Bonchev–Trinajstić information content (AvgIpc) is 3.08. The van der Waals surface area contributed by atoms with Gasteiger partial charge in [0.05, 0.1) is 31.0 Å². The second-order valence-corrected chi connectivity index (χ2v) is 7.16. The van der Waals surface area contributed by atoms with E-state index in [9.17, 15) is 0 Å². The van der Waals surface area contributed by atoms with E-state index in [4.69, 9.17) is 14.0 Å². The van der Waals surface area contributed by atoms with Crippen molar-refractivity contribution in [1.29, 1.82) is 0 Å². The molecule has 0 atom stereocenters. The van der Waals surface area contributed by atoms with E-state index in [1.807, 2.05) is 29.1 Å². The molecule has 0 radical (unpaired) electrons. The fourth-order valence-electron chi connectivity index (χ4n) is 2.53. The molecule has 6 heteroatoms. The summed E-state index contributed by atoms with van der Waals surface area (Å²) >= 11 is 0. The number of rotatable bonds is 6. The molecule has 3 rings (SSSR count). The van der Waals surface area contributed by atoms with Crippen molar-refractivity contribution in [2.24, 2.45) is 0 Å². The van der Waals surface area contributed by atoms with Crippen molar-refractivity contribution >= 4 is 12.6 Å². The van der Waals surface area contributed by atoms with Gasteiger partial charge in [-0.05, 0) is 33.3 Å². The van der Waals surface area contributed by atoms with Gasteiger partial charge in [0, 0.05) is 17.9 Å². The van der Waals surface area contributed by atoms with Gasteiger partial charge in [-0.1, -0.05) is 30.3 Å². The van der Waals surface area contributed by atoms with Crippen LogP contribution in [-0.2, 0) is 27.2 Å². The normalized spacial score (nSPS) is 18.9. The van der Waals surface area contributed by atoms with E-state index in [0.29, 0.717) is 19.8 Å². The molecule has 0 amide bonds. The molecule has 0 saturated carbocycles. The number of ether oxygens (including phenoxy) is 1. The van der Waals surface area contributed by atoms with Gasteiger partial charge >= 0.3 is 7.12 Å². The van der Waals surface area contributed by atoms with Crippen LogP contribution in [0.2, 0.25) is 0 Å². The average molecular weight is 328 g/mol. The molecule has 128 valence electrons. The third-order valence-electron chi connectivity index (χ3n) is 4.75. The number of benzene rings is 1. The summed E-state index contributed by atoms with van der Waals surface area (Å²) in [6.07, 6.45) is 3.77. The first-order valence-electron chi connectivity index (χ1n) is 8.37. The van der Waals surface area contributed by atoms with Gasteiger partial charge in [-0.25, -0.2) is 0 Å². The Balaban J connectivity index is 1.50. The Hall–Kier alpha value is -1.63. The molecule has 1 saturated heterocycles. The summed E-state index contributed by atoms with van der Waals surface area (Å²) in [5.41, 5.74) is 1.45. The van der Waals surface area contributed by atoms with Crippen molar-refractivity contribution in [3.63, 3.8) is 0 Å². The van der Waals surface area contributed by atoms with E-state index in [-0.39, 0.29) is 18.3 Å². The molecule has 5 nitrogen and oxygen atoms in total. The number of nitrogens with zero attached hydrogens (tertiary/aromatic N) is 2. The van der Waals surface area contributed by atoms with Gasteiger partial charge in [0.25, 0.3) is 0 Å². The zero-order chi connectivity index (χ0) is 17.2. The third kappa shape index (κ3) is 3.71. The van der Waals surface area contributed by atoms with Gasteiger partial charge in [0.1, 0.15) is 0 Å². The van der Waals surface area contributed by atoms with Crippen LogP contribution in [0.5, 0.6) is 0 Å². The van der Waals surface area contributed by atoms with Crippen molar-refractivity contribution in [3.8, 4) is 0 Å². The zero-order valence-electron chi connectivity index (χ0n) is 14.9. The predicted octanol–water partition coefficient (Wildman–Crippen LogP) is 2.40. The van der Waals surface area contributed by atoms with Crippen LogP contribution in [0.1, 0.15) is 33.3 Å². The maximum Gasteiger partial charge on any atom is 0.498 e. The van der Waals surface area contributed by atoms with Crippen molar-refractivity contribution in [2.45, 2.75) is 52.0 Å². The molecule has 1 aromatic carbocycles. The van der Waals surface area contributed by atoms with Crippen LogP contribution < -0.4 is 5.46 Å². The van der Waals surface area contributed by atoms with Crippen LogP contribution >= 0.6 is 0 Å². The molecule has 24 heavy (non-hydrogen) atoms. The second kappa shape index (κ2) is 6.71. The van der Waals surface area contributed by atoms with Crippen LogP contribution in [0.4, 0.5) is 0 Å². The monoisotopic (exact) mass is 328 g/mol. The largest absolute Gasteiger partial charge is 0.498 e. The lowest BCUT2D eigenvalue weighted by atomic mass is 9.82. The first-order chi connectivity index (χ1) is 11.4. The molecule has 1 aliphatic rings. The second-order valence-electron chi connectivity index (χ2n) is 7.16. The maximum absolute atomic E-state index is 6.04. The van der Waals surface area contributed by atoms with Crippen LogP contribution in [0.3, 0.4) is 0 Å². The summed E-state index contributed by atoms with van der Waals surface area (Å²) < 4.78 is 19.6. The van der Waals surface area contributed by atoms with Crippen molar-refractivity contribution in [2.75, 3.05) is 6.61 Å². The number of hydrogen-bond donors (Lipinski definition) is 0. The lowest BCUT2D eigenvalue weighted by Crippen LogP contribution is -2.41. The summed E-state index contributed by atoms with van der Waals surface area (Å²) in [5.74, 6) is 0. The van der Waals surface area contributed by atoms with Crippen LogP contribution in [0.25, 0.3) is 0 Å². The number of aromatic nitrogens is 2. The molecule has 1 aromatic heterocycles. The Kier molecular flexibility index (Phi) is 4.81. The Labute approximate surface area is 144 Å². The molecule has 0 bridgehead atoms. The van der Waals surface area contributed by atoms with Crippen molar-refractivity contribution in [3.05, 3.63) is 48.3 Å². The van der Waals surface area contributed by atoms with Gasteiger partial charge < -0.3 is 14.0 Å². The molecule has 0 unspecified atom stereocenters. The van der Waals surface area contributed by atoms with E-state index >= 15 is 0 Å². The van der Waals surface area contributed by atoms with Crippen LogP contribution in [0, 0.1) is 0 Å². The summed E-state index contributed by atoms with van der Waals surface area (Å²) in [4.78, 5) is 0. The minimum absolute atomic E-state index is 0.335. The molecule has 0 spiro atoms. The molecule has 1 aliphatic heterocycles. The highest BCUT2D eigenvalue weighted by Crippen LogP contribution is 2.36. The van der Waals surface area contributed by atoms with E-state index in [1.165, 1.54) is 5.56 Å². The standard InChI is InChI=1S/C18H25BN2O3/c1-17(2)18(3,4)24-19(23-17)16-12-20-21(13-16)10-11-22-14-15-8-6-5-7-9-15/h5-9,12-13H,10-11,14H2,1-4H3. The van der Waals surface area contributed by atoms with Crippen molar-refractivity contribution in [1.82, 2.24) is 9.78 Å². The Morgan fingerprint density at radius 2 is 1.75 bits per heavy atom. The Morgan fingerprint density at radius 3 is 2.42 bits per heavy atom. The fourth-order valence-corrected chi connectivity index (χ4v) is 2.53. The molecular weight excluding hydrogens is 303 g/mol. The van der Waals surface area contributed by atoms with E-state index in [0.717, 1.165) is 5.46 Å². The first-order valence-corrected chi connectivity index (χ1v) is 8.37. The quantitative estimate of drug-likeness (QED) is 0.603. The van der Waals surface area contributed by atoms with Gasteiger partial charge in [-0.15, -0.1) is 0 Å². The minimum Gasteiger partial charge on any atom is -0.399 e. The van der Waals surface area contributed by atoms with Gasteiger partial charge in [0.15, 0.2) is 0 Å². The number of hydrogen-bond acceptors (Lipinski definition) is 4. The van der Waals surface area contributed by atoms with E-state index < -0.39 is 0 Å². The molecule has 2 heterocycles. The predicted molar refractivity (Wildman–Crippen MR) is 94.0 cm³/mol. The molecule has 1 fully saturated rings. The summed E-state index contributed by atoms with van der Waals surface area (Å²) in [6.45, 7) is 10.1. The molecule has 0 aliphatic carbocycles. The lowest BCUT2D eigenvalue weighted by molar-refractivity contribution is 0.00578. The fraction of sp³-hybridized carbons (Fsp3) is 0.500. The Bertz CT molecular complexity index is 654. The first kappa shape index (κ1) is 17.2. The minimum atomic E-state index is -0.367. The smallest absolute Gasteiger partial charge is 0.399 e.